The minimum atomic E-state index is -1.83. The van der Waals surface area contributed by atoms with Crippen LogP contribution in [-0.4, -0.2) is 8.32 Å². The van der Waals surface area contributed by atoms with E-state index in [2.05, 4.69) is 125 Å². The normalized spacial score (nSPS) is 12.7. The fourth-order valence-corrected chi connectivity index (χ4v) is 4.38. The zero-order valence-corrected chi connectivity index (χ0v) is 19.6. The molecule has 0 saturated carbocycles. The first-order valence-corrected chi connectivity index (χ1v) is 13.5. The lowest BCUT2D eigenvalue weighted by atomic mass is 10.0. The van der Waals surface area contributed by atoms with Gasteiger partial charge >= 0.3 is 0 Å². The third kappa shape index (κ3) is 4.34. The lowest BCUT2D eigenvalue weighted by molar-refractivity contribution is 0.493. The zero-order chi connectivity index (χ0) is 21.4. The van der Waals surface area contributed by atoms with E-state index in [4.69, 9.17) is 4.43 Å². The molecule has 0 atom stereocenters. The molecule has 0 aromatic heterocycles. The Balaban J connectivity index is 1.56. The number of rotatable bonds is 4. The Morgan fingerprint density at radius 2 is 1.13 bits per heavy atom. The van der Waals surface area contributed by atoms with Gasteiger partial charge < -0.3 is 4.43 Å². The highest BCUT2D eigenvalue weighted by Gasteiger charge is 2.38. The Labute approximate surface area is 181 Å². The van der Waals surface area contributed by atoms with Crippen molar-refractivity contribution in [1.29, 1.82) is 0 Å². The molecule has 0 aliphatic rings. The first-order valence-electron chi connectivity index (χ1n) is 10.6. The molecule has 30 heavy (non-hydrogen) atoms. The number of fused-ring (bicyclic) bond motifs is 2. The molecular weight excluding hydrogens is 380 g/mol. The summed E-state index contributed by atoms with van der Waals surface area (Å²) in [7, 11) is -1.83. The van der Waals surface area contributed by atoms with Crippen molar-refractivity contribution in [3.05, 3.63) is 90.0 Å². The molecule has 0 N–H and O–H groups in total. The zero-order valence-electron chi connectivity index (χ0n) is 18.6. The van der Waals surface area contributed by atoms with Crippen LogP contribution in [-0.2, 0) is 0 Å². The molecule has 4 aromatic carbocycles. The summed E-state index contributed by atoms with van der Waals surface area (Å²) < 4.78 is 6.47. The number of hydrogen-bond donors (Lipinski definition) is 0. The minimum absolute atomic E-state index is 0.194. The summed E-state index contributed by atoms with van der Waals surface area (Å²) in [4.78, 5) is 0. The van der Waals surface area contributed by atoms with E-state index in [0.29, 0.717) is 0 Å². The summed E-state index contributed by atoms with van der Waals surface area (Å²) in [6.07, 6.45) is 4.37. The summed E-state index contributed by atoms with van der Waals surface area (Å²) >= 11 is 0. The van der Waals surface area contributed by atoms with Crippen molar-refractivity contribution in [1.82, 2.24) is 0 Å². The van der Waals surface area contributed by atoms with Crippen LogP contribution in [0.15, 0.2) is 78.9 Å². The van der Waals surface area contributed by atoms with Gasteiger partial charge in [-0.2, -0.15) is 0 Å². The van der Waals surface area contributed by atoms with Gasteiger partial charge in [-0.1, -0.05) is 87.5 Å². The molecule has 0 bridgehead atoms. The molecule has 0 fully saturated rings. The van der Waals surface area contributed by atoms with E-state index in [9.17, 15) is 0 Å². The van der Waals surface area contributed by atoms with Crippen LogP contribution in [0.2, 0.25) is 18.1 Å². The molecule has 0 radical (unpaired) electrons. The summed E-state index contributed by atoms with van der Waals surface area (Å²) in [5, 5.41) is 5.19. The van der Waals surface area contributed by atoms with Gasteiger partial charge in [-0.25, -0.2) is 0 Å². The highest BCUT2D eigenvalue weighted by Crippen LogP contribution is 2.38. The van der Waals surface area contributed by atoms with Crippen LogP contribution in [0, 0.1) is 0 Å². The van der Waals surface area contributed by atoms with Crippen molar-refractivity contribution in [2.45, 2.75) is 38.9 Å². The third-order valence-electron chi connectivity index (χ3n) is 6.26. The summed E-state index contributed by atoms with van der Waals surface area (Å²) in [5.74, 6) is 0.980. The molecular formula is C28H30OSi. The molecule has 0 aliphatic heterocycles. The van der Waals surface area contributed by atoms with Crippen molar-refractivity contribution in [2.75, 3.05) is 0 Å². The maximum atomic E-state index is 6.47. The van der Waals surface area contributed by atoms with Crippen molar-refractivity contribution in [3.63, 3.8) is 0 Å². The van der Waals surface area contributed by atoms with Gasteiger partial charge in [0, 0.05) is 0 Å². The van der Waals surface area contributed by atoms with Crippen molar-refractivity contribution < 1.29 is 4.43 Å². The predicted octanol–water partition coefficient (Wildman–Crippen LogP) is 8.55. The Hall–Kier alpha value is -2.84. The Morgan fingerprint density at radius 3 is 1.77 bits per heavy atom. The lowest BCUT2D eigenvalue weighted by Crippen LogP contribution is -2.43. The maximum Gasteiger partial charge on any atom is 0.250 e. The first kappa shape index (κ1) is 20.4. The van der Waals surface area contributed by atoms with Gasteiger partial charge in [0.1, 0.15) is 5.75 Å². The van der Waals surface area contributed by atoms with Gasteiger partial charge in [0.2, 0.25) is 8.32 Å². The molecule has 0 amide bonds. The molecule has 2 heteroatoms. The summed E-state index contributed by atoms with van der Waals surface area (Å²) in [5.41, 5.74) is 2.42. The monoisotopic (exact) mass is 410 g/mol. The number of benzene rings is 4. The van der Waals surface area contributed by atoms with Crippen LogP contribution < -0.4 is 4.43 Å². The van der Waals surface area contributed by atoms with Gasteiger partial charge in [0.15, 0.2) is 0 Å². The Morgan fingerprint density at radius 1 is 0.633 bits per heavy atom. The van der Waals surface area contributed by atoms with Gasteiger partial charge in [-0.3, -0.25) is 0 Å². The lowest BCUT2D eigenvalue weighted by Gasteiger charge is -2.36. The fourth-order valence-electron chi connectivity index (χ4n) is 3.36. The van der Waals surface area contributed by atoms with Crippen LogP contribution in [0.3, 0.4) is 0 Å². The van der Waals surface area contributed by atoms with E-state index in [1.165, 1.54) is 32.7 Å². The molecule has 4 aromatic rings. The minimum Gasteiger partial charge on any atom is -0.543 e. The van der Waals surface area contributed by atoms with Crippen LogP contribution in [0.5, 0.6) is 5.75 Å². The summed E-state index contributed by atoms with van der Waals surface area (Å²) in [6.45, 7) is 11.4. The second kappa shape index (κ2) is 7.77. The molecule has 152 valence electrons. The SMILES string of the molecule is CC(C)(C)[Si](C)(C)Oc1ccc2cc(/C=C\c3ccc4ccccc4c3)ccc2c1. The summed E-state index contributed by atoms with van der Waals surface area (Å²) in [6, 6.07) is 28.1. The smallest absolute Gasteiger partial charge is 0.250 e. The predicted molar refractivity (Wildman–Crippen MR) is 135 cm³/mol. The standard InChI is InChI=1S/C28H30OSi/c1-28(2,3)30(4,5)29-27-17-16-25-19-22(13-15-26(25)20-27)11-10-21-12-14-23-8-6-7-9-24(23)18-21/h6-20H,1-5H3/b11-10-. The topological polar surface area (TPSA) is 9.23 Å². The van der Waals surface area contributed by atoms with E-state index in [1.54, 1.807) is 0 Å². The van der Waals surface area contributed by atoms with Crippen molar-refractivity contribution in [2.24, 2.45) is 0 Å². The van der Waals surface area contributed by atoms with Gasteiger partial charge in [-0.05, 0) is 75.1 Å². The second-order valence-corrected chi connectivity index (χ2v) is 14.3. The molecule has 0 aliphatic carbocycles. The van der Waals surface area contributed by atoms with E-state index in [0.717, 1.165) is 5.75 Å². The molecule has 4 rings (SSSR count). The average Bonchev–Trinajstić information content (AvgIpc) is 2.71. The molecule has 1 nitrogen and oxygen atoms in total. The van der Waals surface area contributed by atoms with Crippen LogP contribution in [0.1, 0.15) is 31.9 Å². The largest absolute Gasteiger partial charge is 0.543 e. The Kier molecular flexibility index (Phi) is 5.29. The van der Waals surface area contributed by atoms with Crippen LogP contribution >= 0.6 is 0 Å². The van der Waals surface area contributed by atoms with Gasteiger partial charge in [0.05, 0.1) is 0 Å². The highest BCUT2D eigenvalue weighted by atomic mass is 28.4. The maximum absolute atomic E-state index is 6.47. The van der Waals surface area contributed by atoms with Gasteiger partial charge in [0.25, 0.3) is 0 Å². The fraction of sp³-hybridized carbons (Fsp3) is 0.214. The van der Waals surface area contributed by atoms with E-state index >= 15 is 0 Å². The molecule has 0 spiro atoms. The molecule has 0 unspecified atom stereocenters. The second-order valence-electron chi connectivity index (χ2n) is 9.57. The molecule has 0 saturated heterocycles. The Bertz CT molecular complexity index is 1230. The van der Waals surface area contributed by atoms with Crippen LogP contribution in [0.25, 0.3) is 33.7 Å². The van der Waals surface area contributed by atoms with Gasteiger partial charge in [-0.15, -0.1) is 0 Å². The van der Waals surface area contributed by atoms with Crippen molar-refractivity contribution in [3.8, 4) is 5.75 Å². The van der Waals surface area contributed by atoms with Crippen molar-refractivity contribution >= 4 is 42.0 Å². The van der Waals surface area contributed by atoms with Crippen LogP contribution in [0.4, 0.5) is 0 Å². The number of hydrogen-bond acceptors (Lipinski definition) is 1. The molecule has 0 heterocycles. The average molecular weight is 411 g/mol. The highest BCUT2D eigenvalue weighted by molar-refractivity contribution is 6.74. The van der Waals surface area contributed by atoms with E-state index in [-0.39, 0.29) is 5.04 Å². The third-order valence-corrected chi connectivity index (χ3v) is 10.6. The van der Waals surface area contributed by atoms with E-state index < -0.39 is 8.32 Å². The first-order chi connectivity index (χ1) is 14.2. The van der Waals surface area contributed by atoms with E-state index in [1.807, 2.05) is 0 Å². The quantitative estimate of drug-likeness (QED) is 0.242.